The number of methoxy groups -OCH3 is 1. The number of ether oxygens (including phenoxy) is 2. The van der Waals surface area contributed by atoms with E-state index in [0.717, 1.165) is 40.6 Å². The van der Waals surface area contributed by atoms with Gasteiger partial charge in [0.25, 0.3) is 0 Å². The van der Waals surface area contributed by atoms with Crippen molar-refractivity contribution < 1.29 is 14.0 Å². The van der Waals surface area contributed by atoms with Gasteiger partial charge in [0, 0.05) is 36.1 Å². The Bertz CT molecular complexity index is 950. The molecule has 27 heavy (non-hydrogen) atoms. The Balaban J connectivity index is 1.42. The molecule has 138 valence electrons. The number of nitrogens with zero attached hydrogens (tertiary/aromatic N) is 3. The Hall–Kier alpha value is -3.12. The second-order valence-corrected chi connectivity index (χ2v) is 6.56. The summed E-state index contributed by atoms with van der Waals surface area (Å²) in [6.07, 6.45) is 5.69. The van der Waals surface area contributed by atoms with E-state index in [4.69, 9.17) is 14.0 Å². The summed E-state index contributed by atoms with van der Waals surface area (Å²) in [5.74, 6) is 2.39. The lowest BCUT2D eigenvalue weighted by Crippen LogP contribution is -2.24. The van der Waals surface area contributed by atoms with Crippen molar-refractivity contribution in [3.05, 3.63) is 65.7 Å². The van der Waals surface area contributed by atoms with Gasteiger partial charge in [0.1, 0.15) is 12.3 Å². The highest BCUT2D eigenvalue weighted by Crippen LogP contribution is 2.35. The van der Waals surface area contributed by atoms with E-state index >= 15 is 0 Å². The molecular weight excluding hydrogens is 342 g/mol. The first-order valence-corrected chi connectivity index (χ1v) is 8.76. The van der Waals surface area contributed by atoms with Crippen molar-refractivity contribution in [2.75, 3.05) is 27.3 Å². The zero-order valence-corrected chi connectivity index (χ0v) is 15.4. The van der Waals surface area contributed by atoms with Crippen LogP contribution < -0.4 is 9.47 Å². The molecule has 4 rings (SSSR count). The Morgan fingerprint density at radius 3 is 2.93 bits per heavy atom. The van der Waals surface area contributed by atoms with Crippen LogP contribution in [-0.4, -0.2) is 42.3 Å². The third kappa shape index (κ3) is 3.85. The minimum atomic E-state index is 0.551. The van der Waals surface area contributed by atoms with Gasteiger partial charge in [-0.25, -0.2) is 0 Å². The maximum Gasteiger partial charge on any atom is 0.168 e. The van der Waals surface area contributed by atoms with Crippen molar-refractivity contribution in [3.63, 3.8) is 0 Å². The fourth-order valence-electron chi connectivity index (χ4n) is 3.19. The zero-order chi connectivity index (χ0) is 18.6. The van der Waals surface area contributed by atoms with E-state index in [1.54, 1.807) is 19.5 Å². The van der Waals surface area contributed by atoms with Crippen LogP contribution in [0.4, 0.5) is 0 Å². The van der Waals surface area contributed by atoms with Crippen LogP contribution in [0.25, 0.3) is 17.3 Å². The highest BCUT2D eigenvalue weighted by atomic mass is 16.5. The summed E-state index contributed by atoms with van der Waals surface area (Å²) in [5, 5.41) is 4.14. The third-order valence-electron chi connectivity index (χ3n) is 4.41. The van der Waals surface area contributed by atoms with Crippen LogP contribution in [0.3, 0.4) is 0 Å². The number of hydrogen-bond acceptors (Lipinski definition) is 6. The second-order valence-electron chi connectivity index (χ2n) is 6.56. The Labute approximate surface area is 158 Å². The van der Waals surface area contributed by atoms with Gasteiger partial charge in [-0.2, -0.15) is 0 Å². The summed E-state index contributed by atoms with van der Waals surface area (Å²) in [6.45, 7) is 1.99. The van der Waals surface area contributed by atoms with E-state index in [-0.39, 0.29) is 0 Å². The Kier molecular flexibility index (Phi) is 4.89. The summed E-state index contributed by atoms with van der Waals surface area (Å²) in [6, 6.07) is 11.7. The molecule has 1 aromatic carbocycles. The summed E-state index contributed by atoms with van der Waals surface area (Å²) in [5.41, 5.74) is 3.99. The van der Waals surface area contributed by atoms with Crippen LogP contribution in [-0.2, 0) is 6.54 Å². The van der Waals surface area contributed by atoms with E-state index in [0.29, 0.717) is 13.2 Å². The zero-order valence-electron chi connectivity index (χ0n) is 15.4. The third-order valence-corrected chi connectivity index (χ3v) is 4.41. The molecule has 2 aromatic heterocycles. The average Bonchev–Trinajstić information content (AvgIpc) is 3.16. The number of pyridine rings is 1. The van der Waals surface area contributed by atoms with E-state index in [2.05, 4.69) is 21.1 Å². The van der Waals surface area contributed by atoms with Crippen LogP contribution in [0.2, 0.25) is 0 Å². The number of fused-ring (bicyclic) bond motifs is 1. The largest absolute Gasteiger partial charge is 0.493 e. The molecule has 0 saturated carbocycles. The Morgan fingerprint density at radius 1 is 1.19 bits per heavy atom. The summed E-state index contributed by atoms with van der Waals surface area (Å²) in [7, 11) is 3.71. The molecule has 0 unspecified atom stereocenters. The Morgan fingerprint density at radius 2 is 2.11 bits per heavy atom. The lowest BCUT2D eigenvalue weighted by Gasteiger charge is -2.23. The van der Waals surface area contributed by atoms with E-state index in [1.807, 2.05) is 43.4 Å². The van der Waals surface area contributed by atoms with Gasteiger partial charge in [-0.05, 0) is 36.9 Å². The first kappa shape index (κ1) is 17.3. The molecule has 0 bridgehead atoms. The summed E-state index contributed by atoms with van der Waals surface area (Å²) >= 11 is 0. The predicted octanol–water partition coefficient (Wildman–Crippen LogP) is 3.65. The fraction of sp³-hybridized carbons (Fsp3) is 0.238. The first-order valence-electron chi connectivity index (χ1n) is 8.76. The number of rotatable bonds is 6. The molecule has 0 aliphatic carbocycles. The molecule has 0 atom stereocenters. The van der Waals surface area contributed by atoms with Gasteiger partial charge >= 0.3 is 0 Å². The fourth-order valence-corrected chi connectivity index (χ4v) is 3.19. The number of likely N-dealkylation sites (N-methyl/N-ethyl adjacent to an activating group) is 1. The lowest BCUT2D eigenvalue weighted by atomic mass is 10.1. The van der Waals surface area contributed by atoms with Crippen molar-refractivity contribution in [1.82, 2.24) is 15.0 Å². The molecule has 0 spiro atoms. The molecule has 0 fully saturated rings. The predicted molar refractivity (Wildman–Crippen MR) is 103 cm³/mol. The van der Waals surface area contributed by atoms with Gasteiger partial charge < -0.3 is 14.0 Å². The van der Waals surface area contributed by atoms with Crippen molar-refractivity contribution >= 4 is 6.08 Å². The van der Waals surface area contributed by atoms with Crippen LogP contribution in [0, 0.1) is 0 Å². The molecule has 1 aliphatic rings. The number of benzene rings is 1. The standard InChI is InChI=1S/C21H21N3O3/c1-24(13-18-10-19(23-27-18)17-6-4-8-22-11-17)12-15-9-16-5-3-7-20(25-2)21(16)26-14-15/h3-11H,12-14H2,1-2H3. The molecule has 3 heterocycles. The highest BCUT2D eigenvalue weighted by Gasteiger charge is 2.17. The van der Waals surface area contributed by atoms with Gasteiger partial charge in [0.15, 0.2) is 17.3 Å². The van der Waals surface area contributed by atoms with Crippen LogP contribution in [0.1, 0.15) is 11.3 Å². The highest BCUT2D eigenvalue weighted by molar-refractivity contribution is 5.66. The van der Waals surface area contributed by atoms with Crippen LogP contribution >= 0.6 is 0 Å². The minimum absolute atomic E-state index is 0.551. The first-order chi connectivity index (χ1) is 13.2. The van der Waals surface area contributed by atoms with E-state index in [1.165, 1.54) is 5.57 Å². The molecule has 0 radical (unpaired) electrons. The van der Waals surface area contributed by atoms with E-state index < -0.39 is 0 Å². The maximum atomic E-state index is 5.91. The smallest absolute Gasteiger partial charge is 0.168 e. The van der Waals surface area contributed by atoms with Gasteiger partial charge in [-0.1, -0.05) is 17.3 Å². The number of aromatic nitrogens is 2. The molecule has 0 saturated heterocycles. The summed E-state index contributed by atoms with van der Waals surface area (Å²) in [4.78, 5) is 6.29. The normalized spacial score (nSPS) is 13.1. The van der Waals surface area contributed by atoms with Crippen molar-refractivity contribution in [3.8, 4) is 22.8 Å². The van der Waals surface area contributed by atoms with Gasteiger partial charge in [-0.3, -0.25) is 9.88 Å². The van der Waals surface area contributed by atoms with Gasteiger partial charge in [0.2, 0.25) is 0 Å². The second kappa shape index (κ2) is 7.63. The molecule has 3 aromatic rings. The van der Waals surface area contributed by atoms with Crippen LogP contribution in [0.15, 0.2) is 58.9 Å². The van der Waals surface area contributed by atoms with Gasteiger partial charge in [-0.15, -0.1) is 0 Å². The maximum absolute atomic E-state index is 5.91. The molecule has 1 aliphatic heterocycles. The lowest BCUT2D eigenvalue weighted by molar-refractivity contribution is 0.268. The molecule has 6 nitrogen and oxygen atoms in total. The SMILES string of the molecule is COc1cccc2c1OCC(CN(C)Cc1cc(-c3cccnc3)no1)=C2. The molecular formula is C21H21N3O3. The number of hydrogen-bond donors (Lipinski definition) is 0. The van der Waals surface area contributed by atoms with Crippen molar-refractivity contribution in [2.24, 2.45) is 0 Å². The topological polar surface area (TPSA) is 60.6 Å². The average molecular weight is 363 g/mol. The van der Waals surface area contributed by atoms with Crippen molar-refractivity contribution in [2.45, 2.75) is 6.54 Å². The van der Waals surface area contributed by atoms with E-state index in [9.17, 15) is 0 Å². The van der Waals surface area contributed by atoms with Crippen molar-refractivity contribution in [1.29, 1.82) is 0 Å². The van der Waals surface area contributed by atoms with Gasteiger partial charge in [0.05, 0.1) is 13.7 Å². The quantitative estimate of drug-likeness (QED) is 0.666. The summed E-state index contributed by atoms with van der Waals surface area (Å²) < 4.78 is 16.7. The minimum Gasteiger partial charge on any atom is -0.493 e. The van der Waals surface area contributed by atoms with Crippen LogP contribution in [0.5, 0.6) is 11.5 Å². The molecule has 6 heteroatoms. The monoisotopic (exact) mass is 363 g/mol. The molecule has 0 amide bonds. The molecule has 0 N–H and O–H groups in total. The number of para-hydroxylation sites is 1.